The summed E-state index contributed by atoms with van der Waals surface area (Å²) in [6.45, 7) is 6.18. The summed E-state index contributed by atoms with van der Waals surface area (Å²) in [6, 6.07) is 17.0. The number of carbonyl (C=O) groups excluding carboxylic acids is 2. The van der Waals surface area contributed by atoms with Crippen LogP contribution in [0.3, 0.4) is 0 Å². The molecule has 0 aliphatic heterocycles. The Kier molecular flexibility index (Phi) is 6.57. The number of amides is 2. The molecule has 2 amide bonds. The van der Waals surface area contributed by atoms with Crippen LogP contribution in [-0.2, 0) is 4.79 Å². The quantitative estimate of drug-likeness (QED) is 0.723. The first-order valence-corrected chi connectivity index (χ1v) is 8.43. The molecule has 5 nitrogen and oxygen atoms in total. The third-order valence-corrected chi connectivity index (χ3v) is 3.86. The lowest BCUT2D eigenvalue weighted by atomic mass is 10.0. The topological polar surface area (TPSA) is 70.2 Å². The second-order valence-corrected chi connectivity index (χ2v) is 6.33. The van der Waals surface area contributed by atoms with E-state index < -0.39 is 0 Å². The molecule has 0 bridgehead atoms. The van der Waals surface area contributed by atoms with E-state index in [1.807, 2.05) is 30.3 Å². The van der Waals surface area contributed by atoms with Crippen molar-refractivity contribution in [2.45, 2.75) is 26.8 Å². The van der Waals surface area contributed by atoms with Gasteiger partial charge in [0.05, 0.1) is 0 Å². The maximum Gasteiger partial charge on any atom is 0.251 e. The molecule has 0 saturated heterocycles. The number of para-hydroxylation sites is 1. The lowest BCUT2D eigenvalue weighted by Crippen LogP contribution is -2.39. The van der Waals surface area contributed by atoms with Crippen molar-refractivity contribution in [3.63, 3.8) is 0 Å². The second kappa shape index (κ2) is 8.87. The van der Waals surface area contributed by atoms with Gasteiger partial charge in [-0.25, -0.2) is 0 Å². The van der Waals surface area contributed by atoms with Gasteiger partial charge in [-0.3, -0.25) is 9.59 Å². The van der Waals surface area contributed by atoms with Crippen molar-refractivity contribution in [1.82, 2.24) is 5.32 Å². The van der Waals surface area contributed by atoms with Crippen molar-refractivity contribution in [3.05, 3.63) is 60.2 Å². The fraction of sp³-hybridized carbons (Fsp3) is 0.300. The van der Waals surface area contributed by atoms with Crippen LogP contribution < -0.4 is 16.0 Å². The van der Waals surface area contributed by atoms with E-state index in [4.69, 9.17) is 0 Å². The third kappa shape index (κ3) is 5.95. The highest BCUT2D eigenvalue weighted by atomic mass is 16.2. The first-order chi connectivity index (χ1) is 12.0. The van der Waals surface area contributed by atoms with Crippen LogP contribution in [-0.4, -0.2) is 24.4 Å². The SMILES string of the molecule is CC(=O)Nc1cccc(C(=O)NC[C@@H](Nc2ccccc2)C(C)C)c1. The Bertz CT molecular complexity index is 714. The van der Waals surface area contributed by atoms with E-state index in [0.717, 1.165) is 5.69 Å². The van der Waals surface area contributed by atoms with Gasteiger partial charge in [0.25, 0.3) is 5.91 Å². The zero-order valence-corrected chi connectivity index (χ0v) is 14.9. The van der Waals surface area contributed by atoms with Crippen LogP contribution in [0.15, 0.2) is 54.6 Å². The molecule has 2 rings (SSSR count). The average Bonchev–Trinajstić information content (AvgIpc) is 2.58. The lowest BCUT2D eigenvalue weighted by molar-refractivity contribution is -0.114. The Morgan fingerprint density at radius 2 is 1.64 bits per heavy atom. The predicted molar refractivity (Wildman–Crippen MR) is 102 cm³/mol. The molecule has 0 fully saturated rings. The summed E-state index contributed by atoms with van der Waals surface area (Å²) >= 11 is 0. The Morgan fingerprint density at radius 3 is 2.28 bits per heavy atom. The summed E-state index contributed by atoms with van der Waals surface area (Å²) in [5.41, 5.74) is 2.17. The first-order valence-electron chi connectivity index (χ1n) is 8.43. The molecule has 2 aromatic rings. The van der Waals surface area contributed by atoms with Crippen LogP contribution in [0.25, 0.3) is 0 Å². The summed E-state index contributed by atoms with van der Waals surface area (Å²) in [5, 5.41) is 9.10. The number of hydrogen-bond acceptors (Lipinski definition) is 3. The molecule has 2 aromatic carbocycles. The predicted octanol–water partition coefficient (Wildman–Crippen LogP) is 3.51. The number of nitrogens with one attached hydrogen (secondary N) is 3. The van der Waals surface area contributed by atoms with Crippen LogP contribution >= 0.6 is 0 Å². The first kappa shape index (κ1) is 18.5. The number of anilines is 2. The van der Waals surface area contributed by atoms with Gasteiger partial charge in [-0.05, 0) is 36.2 Å². The maximum atomic E-state index is 12.4. The monoisotopic (exact) mass is 339 g/mol. The molecule has 5 heteroatoms. The van der Waals surface area contributed by atoms with Gasteiger partial charge in [0.15, 0.2) is 0 Å². The summed E-state index contributed by atoms with van der Waals surface area (Å²) in [4.78, 5) is 23.5. The van der Waals surface area contributed by atoms with E-state index in [-0.39, 0.29) is 17.9 Å². The van der Waals surface area contributed by atoms with E-state index >= 15 is 0 Å². The molecule has 1 atom stereocenters. The van der Waals surface area contributed by atoms with Gasteiger partial charge in [0.2, 0.25) is 5.91 Å². The molecule has 0 aliphatic carbocycles. The van der Waals surface area contributed by atoms with E-state index in [0.29, 0.717) is 23.7 Å². The second-order valence-electron chi connectivity index (χ2n) is 6.33. The summed E-state index contributed by atoms with van der Waals surface area (Å²) in [6.07, 6.45) is 0. The Labute approximate surface area is 148 Å². The van der Waals surface area contributed by atoms with Crippen molar-refractivity contribution in [1.29, 1.82) is 0 Å². The van der Waals surface area contributed by atoms with Crippen molar-refractivity contribution < 1.29 is 9.59 Å². The van der Waals surface area contributed by atoms with E-state index in [1.54, 1.807) is 24.3 Å². The molecule has 25 heavy (non-hydrogen) atoms. The minimum absolute atomic E-state index is 0.116. The number of rotatable bonds is 7. The molecule has 0 radical (unpaired) electrons. The molecule has 0 unspecified atom stereocenters. The van der Waals surface area contributed by atoms with Gasteiger partial charge in [-0.15, -0.1) is 0 Å². The largest absolute Gasteiger partial charge is 0.380 e. The van der Waals surface area contributed by atoms with Gasteiger partial charge in [0.1, 0.15) is 0 Å². The molecule has 132 valence electrons. The van der Waals surface area contributed by atoms with Gasteiger partial charge >= 0.3 is 0 Å². The Balaban J connectivity index is 1.98. The molecule has 0 saturated carbocycles. The lowest BCUT2D eigenvalue weighted by Gasteiger charge is -2.24. The van der Waals surface area contributed by atoms with Crippen LogP contribution in [0.4, 0.5) is 11.4 Å². The van der Waals surface area contributed by atoms with Crippen LogP contribution in [0.5, 0.6) is 0 Å². The Hall–Kier alpha value is -2.82. The highest BCUT2D eigenvalue weighted by Crippen LogP contribution is 2.13. The van der Waals surface area contributed by atoms with Crippen molar-refractivity contribution in [2.75, 3.05) is 17.2 Å². The number of carbonyl (C=O) groups is 2. The van der Waals surface area contributed by atoms with Crippen LogP contribution in [0.2, 0.25) is 0 Å². The highest BCUT2D eigenvalue weighted by Gasteiger charge is 2.15. The molecule has 0 spiro atoms. The van der Waals surface area contributed by atoms with Gasteiger partial charge in [0, 0.05) is 36.4 Å². The molecular formula is C20H25N3O2. The minimum atomic E-state index is -0.163. The summed E-state index contributed by atoms with van der Waals surface area (Å²) in [7, 11) is 0. The number of hydrogen-bond donors (Lipinski definition) is 3. The Morgan fingerprint density at radius 1 is 0.960 bits per heavy atom. The van der Waals surface area contributed by atoms with E-state index in [9.17, 15) is 9.59 Å². The molecule has 0 heterocycles. The van der Waals surface area contributed by atoms with Gasteiger partial charge in [-0.2, -0.15) is 0 Å². The third-order valence-electron chi connectivity index (χ3n) is 3.86. The average molecular weight is 339 g/mol. The smallest absolute Gasteiger partial charge is 0.251 e. The van der Waals surface area contributed by atoms with Crippen molar-refractivity contribution in [2.24, 2.45) is 5.92 Å². The zero-order valence-electron chi connectivity index (χ0n) is 14.9. The summed E-state index contributed by atoms with van der Waals surface area (Å²) < 4.78 is 0. The van der Waals surface area contributed by atoms with Crippen LogP contribution in [0, 0.1) is 5.92 Å². The summed E-state index contributed by atoms with van der Waals surface area (Å²) in [5.74, 6) is 0.0309. The van der Waals surface area contributed by atoms with Crippen molar-refractivity contribution in [3.8, 4) is 0 Å². The fourth-order valence-corrected chi connectivity index (χ4v) is 2.45. The standard InChI is InChI=1S/C20H25N3O2/c1-14(2)19(23-17-9-5-4-6-10-17)13-21-20(25)16-8-7-11-18(12-16)22-15(3)24/h4-12,14,19,23H,13H2,1-3H3,(H,21,25)(H,22,24)/t19-/m1/s1. The molecule has 0 aliphatic rings. The molecule has 0 aromatic heterocycles. The molecular weight excluding hydrogens is 314 g/mol. The van der Waals surface area contributed by atoms with E-state index in [2.05, 4.69) is 29.8 Å². The van der Waals surface area contributed by atoms with Crippen LogP contribution in [0.1, 0.15) is 31.1 Å². The van der Waals surface area contributed by atoms with Gasteiger partial charge < -0.3 is 16.0 Å². The maximum absolute atomic E-state index is 12.4. The highest BCUT2D eigenvalue weighted by molar-refractivity contribution is 5.96. The van der Waals surface area contributed by atoms with Crippen molar-refractivity contribution >= 4 is 23.2 Å². The fourth-order valence-electron chi connectivity index (χ4n) is 2.45. The zero-order chi connectivity index (χ0) is 18.2. The number of benzene rings is 2. The normalized spacial score (nSPS) is 11.7. The molecule has 3 N–H and O–H groups in total. The van der Waals surface area contributed by atoms with Gasteiger partial charge in [-0.1, -0.05) is 38.1 Å². The van der Waals surface area contributed by atoms with E-state index in [1.165, 1.54) is 6.92 Å². The minimum Gasteiger partial charge on any atom is -0.380 e.